The summed E-state index contributed by atoms with van der Waals surface area (Å²) in [4.78, 5) is 48.2. The fourth-order valence-corrected chi connectivity index (χ4v) is 9.60. The lowest BCUT2D eigenvalue weighted by atomic mass is 9.98. The normalized spacial score (nSPS) is 10.9. The van der Waals surface area contributed by atoms with Crippen molar-refractivity contribution in [1.82, 2.24) is 9.13 Å². The van der Waals surface area contributed by atoms with Crippen LogP contribution in [-0.4, -0.2) is 66.0 Å². The zero-order valence-electron chi connectivity index (χ0n) is 39.0. The number of para-hydroxylation sites is 1. The van der Waals surface area contributed by atoms with Crippen LogP contribution in [0.4, 0.5) is 0 Å². The van der Waals surface area contributed by atoms with E-state index in [0.717, 1.165) is 49.8 Å². The summed E-state index contributed by atoms with van der Waals surface area (Å²) in [6, 6.07) is 42.5. The van der Waals surface area contributed by atoms with Gasteiger partial charge in [0, 0.05) is 63.8 Å². The maximum Gasteiger partial charge on any atom is 0.643 e. The van der Waals surface area contributed by atoms with Gasteiger partial charge in [0.15, 0.2) is 11.5 Å². The number of hydrogen-bond donors (Lipinski definition) is 2. The number of fused-ring (bicyclic) bond motifs is 6. The molecule has 72 heavy (non-hydrogen) atoms. The molecule has 4 heterocycles. The van der Waals surface area contributed by atoms with E-state index >= 15 is 0 Å². The molecule has 0 spiro atoms. The number of carbonyl (C=O) groups is 4. The molecule has 0 saturated carbocycles. The predicted molar refractivity (Wildman–Crippen MR) is 303 cm³/mol. The number of aliphatic hydroxyl groups is 2. The molecule has 2 N–H and O–H groups in total. The van der Waals surface area contributed by atoms with Crippen LogP contribution in [0.3, 0.4) is 0 Å². The van der Waals surface area contributed by atoms with Gasteiger partial charge in [-0.05, 0) is 131 Å². The van der Waals surface area contributed by atoms with Crippen molar-refractivity contribution in [2.24, 2.45) is 0 Å². The Morgan fingerprint density at radius 3 is 1.65 bits per heavy atom. The number of Topliss-reactive ketones (excluding diaryl/α,β-unsaturated/α-hetero) is 1. The van der Waals surface area contributed by atoms with Gasteiger partial charge in [-0.3, -0.25) is 23.7 Å². The van der Waals surface area contributed by atoms with Crippen molar-refractivity contribution in [3.05, 3.63) is 211 Å². The van der Waals surface area contributed by atoms with Gasteiger partial charge in [-0.1, -0.05) is 72.8 Å². The summed E-state index contributed by atoms with van der Waals surface area (Å²) in [5, 5.41) is 24.8. The molecular formula is C56H47AlCl5N2O6S2+. The molecule has 1 aliphatic rings. The van der Waals surface area contributed by atoms with E-state index < -0.39 is 11.4 Å². The molecule has 1 aliphatic carbocycles. The molecule has 4 aromatic heterocycles. The summed E-state index contributed by atoms with van der Waals surface area (Å²) in [5.74, 6) is 0.0433. The molecule has 0 atom stereocenters. The molecular weight excluding hydrogens is 1070 g/mol. The van der Waals surface area contributed by atoms with Crippen molar-refractivity contribution in [3.8, 4) is 0 Å². The SMILES string of the molecule is Cc1ccccc1CC(=O)Cl.Cc1ccccc1CC(=O)c1ccc2c(c1)c1cc(C(=O)c3cccs3)ccc1n2CCO.O=C(Cl)c1cccs1.OCCn1c2c(c3ccccc31)C=C[C+]=C2.[Cl][Al]([Cl])[Cl]. The Kier molecular flexibility index (Phi) is 21.6. The van der Waals surface area contributed by atoms with Crippen LogP contribution in [0, 0.1) is 19.9 Å². The lowest BCUT2D eigenvalue weighted by Crippen LogP contribution is -2.05. The van der Waals surface area contributed by atoms with Gasteiger partial charge in [-0.2, -0.15) is 0 Å². The number of allylic oxidation sites excluding steroid dienone is 2. The van der Waals surface area contributed by atoms with Gasteiger partial charge < -0.3 is 14.8 Å². The van der Waals surface area contributed by atoms with E-state index in [1.165, 1.54) is 39.1 Å². The number of aromatic nitrogens is 2. The molecule has 366 valence electrons. The van der Waals surface area contributed by atoms with Crippen molar-refractivity contribution >= 4 is 154 Å². The van der Waals surface area contributed by atoms with Gasteiger partial charge in [-0.15, -0.1) is 22.7 Å². The standard InChI is InChI=1S/C28H23NO3S.C14H12NO.C9H9ClO.C5H3ClOS.Al.3ClH/c1-18-5-2-3-6-19(18)17-26(31)20-8-10-24-22(15-20)23-16-21(28(32)27-7-4-14-33-27)9-11-25(23)29(24)12-13-30;16-10-9-15-13-7-3-1-5-11(13)12-6-2-4-8-14(12)15;1-7-4-2-3-5-8(7)6-9(10)11;6-5(7)4-2-1-3-8-4;;;;/h2-11,14-16,30H,12-13,17H2,1H3;1-3,5-8,16H,9-10H2;2-5H,6H2,1H3;1-3H;;3*1H/q;+1;;;+3;;;/p-3. The molecule has 5 aromatic carbocycles. The van der Waals surface area contributed by atoms with Crippen molar-refractivity contribution in [2.75, 3.05) is 13.2 Å². The number of halogens is 5. The first-order valence-corrected chi connectivity index (χ1v) is 30.2. The number of ketones is 2. The minimum absolute atomic E-state index is 0.00270. The van der Waals surface area contributed by atoms with E-state index in [0.29, 0.717) is 46.8 Å². The fourth-order valence-electron chi connectivity index (χ4n) is 8.02. The van der Waals surface area contributed by atoms with Gasteiger partial charge in [0.2, 0.25) is 11.0 Å². The van der Waals surface area contributed by atoms with E-state index in [1.54, 1.807) is 12.1 Å². The second-order valence-corrected chi connectivity index (χ2v) is 25.1. The summed E-state index contributed by atoms with van der Waals surface area (Å²) < 4.78 is 4.18. The first-order valence-electron chi connectivity index (χ1n) is 22.4. The van der Waals surface area contributed by atoms with Crippen LogP contribution in [0.5, 0.6) is 0 Å². The quantitative estimate of drug-likeness (QED) is 0.0544. The number of hydrogen-bond acceptors (Lipinski definition) is 8. The second-order valence-electron chi connectivity index (χ2n) is 16.0. The van der Waals surface area contributed by atoms with Crippen molar-refractivity contribution < 1.29 is 29.4 Å². The minimum atomic E-state index is -1.72. The van der Waals surface area contributed by atoms with Crippen LogP contribution >= 0.6 is 76.0 Å². The number of nitrogens with zero attached hydrogens (tertiary/aromatic N) is 2. The lowest BCUT2D eigenvalue weighted by molar-refractivity contribution is -0.111. The van der Waals surface area contributed by atoms with Crippen LogP contribution in [-0.2, 0) is 30.7 Å². The molecule has 0 unspecified atom stereocenters. The van der Waals surface area contributed by atoms with Crippen LogP contribution in [0.15, 0.2) is 150 Å². The maximum atomic E-state index is 13.1. The third-order valence-corrected chi connectivity index (χ3v) is 13.6. The predicted octanol–water partition coefficient (Wildman–Crippen LogP) is 14.4. The van der Waals surface area contributed by atoms with Crippen LogP contribution in [0.1, 0.15) is 68.8 Å². The highest BCUT2D eigenvalue weighted by atomic mass is 35.8. The number of aryl methyl sites for hydroxylation is 2. The zero-order chi connectivity index (χ0) is 51.7. The monoisotopic (exact) mass is 1110 g/mol. The molecule has 10 rings (SSSR count). The molecule has 16 heteroatoms. The number of rotatable bonds is 12. The van der Waals surface area contributed by atoms with Gasteiger partial charge in [0.1, 0.15) is 17.7 Å². The number of carbonyl (C=O) groups excluding carboxylic acids is 4. The molecule has 0 fully saturated rings. The second kappa shape index (κ2) is 27.7. The van der Waals surface area contributed by atoms with Crippen molar-refractivity contribution in [2.45, 2.75) is 39.8 Å². The number of thiophene rings is 2. The van der Waals surface area contributed by atoms with Gasteiger partial charge in [0.05, 0.1) is 41.1 Å². The smallest absolute Gasteiger partial charge is 0.395 e. The average Bonchev–Trinajstić information content (AvgIpc) is 4.21. The van der Waals surface area contributed by atoms with Gasteiger partial charge in [0.25, 0.3) is 5.24 Å². The molecule has 0 aliphatic heterocycles. The Bertz CT molecular complexity index is 3360. The average molecular weight is 1110 g/mol. The van der Waals surface area contributed by atoms with E-state index in [4.69, 9.17) is 58.5 Å². The molecule has 9 aromatic rings. The third-order valence-electron chi connectivity index (χ3n) is 11.4. The first-order chi connectivity index (χ1) is 34.7. The Morgan fingerprint density at radius 2 is 1.11 bits per heavy atom. The Labute approximate surface area is 452 Å². The molecule has 0 amide bonds. The Hall–Kier alpha value is -5.19. The molecule has 8 nitrogen and oxygen atoms in total. The summed E-state index contributed by atoms with van der Waals surface area (Å²) >= 11 is 11.4. The van der Waals surface area contributed by atoms with Crippen molar-refractivity contribution in [3.63, 3.8) is 0 Å². The number of aliphatic hydroxyl groups excluding tert-OH is 2. The van der Waals surface area contributed by atoms with E-state index in [1.807, 2.05) is 151 Å². The highest BCUT2D eigenvalue weighted by Crippen LogP contribution is 2.33. The first kappa shape index (κ1) is 56.1. The Morgan fingerprint density at radius 1 is 0.597 bits per heavy atom. The largest absolute Gasteiger partial charge is 0.643 e. The molecule has 0 radical (unpaired) electrons. The minimum Gasteiger partial charge on any atom is -0.395 e. The van der Waals surface area contributed by atoms with Gasteiger partial charge >= 0.3 is 11.4 Å². The fraction of sp³-hybridized carbons (Fsp3) is 0.143. The van der Waals surface area contributed by atoms with Gasteiger partial charge in [-0.25, -0.2) is 30.1 Å². The lowest BCUT2D eigenvalue weighted by Gasteiger charge is -2.07. The summed E-state index contributed by atoms with van der Waals surface area (Å²) in [6.07, 6.45) is 9.74. The maximum absolute atomic E-state index is 13.1. The highest BCUT2D eigenvalue weighted by Gasteiger charge is 2.21. The Balaban J connectivity index is 0.000000178. The van der Waals surface area contributed by atoms with E-state index in [9.17, 15) is 24.3 Å². The molecule has 0 saturated heterocycles. The van der Waals surface area contributed by atoms with Crippen LogP contribution < -0.4 is 0 Å². The third kappa shape index (κ3) is 15.0. The van der Waals surface area contributed by atoms with E-state index in [-0.39, 0.29) is 35.3 Å². The molecule has 0 bridgehead atoms. The zero-order valence-corrected chi connectivity index (χ0v) is 45.6. The number of benzene rings is 5. The van der Waals surface area contributed by atoms with Crippen molar-refractivity contribution in [1.29, 1.82) is 0 Å². The van der Waals surface area contributed by atoms with Crippen LogP contribution in [0.25, 0.3) is 44.9 Å². The topological polar surface area (TPSA) is 119 Å². The summed E-state index contributed by atoms with van der Waals surface area (Å²) in [5.41, 5.74) is 10.9. The van der Waals surface area contributed by atoms with Crippen LogP contribution in [0.2, 0.25) is 0 Å². The summed E-state index contributed by atoms with van der Waals surface area (Å²) in [7, 11) is 14.8. The van der Waals surface area contributed by atoms with E-state index in [2.05, 4.69) is 28.9 Å². The summed E-state index contributed by atoms with van der Waals surface area (Å²) in [6.45, 7) is 5.21. The highest BCUT2D eigenvalue weighted by molar-refractivity contribution is 7.54.